The summed E-state index contributed by atoms with van der Waals surface area (Å²) in [5.74, 6) is 0.678. The molecule has 128 valence electrons. The van der Waals surface area contributed by atoms with E-state index in [2.05, 4.69) is 24.0 Å². The van der Waals surface area contributed by atoms with Crippen molar-refractivity contribution in [3.8, 4) is 0 Å². The van der Waals surface area contributed by atoms with Crippen LogP contribution in [0.4, 0.5) is 10.8 Å². The first-order chi connectivity index (χ1) is 12.0. The summed E-state index contributed by atoms with van der Waals surface area (Å²) in [6, 6.07) is 15.5. The molecule has 0 saturated heterocycles. The lowest BCUT2D eigenvalue weighted by Crippen LogP contribution is -2.22. The van der Waals surface area contributed by atoms with Crippen LogP contribution in [0.25, 0.3) is 0 Å². The molecule has 1 amide bonds. The van der Waals surface area contributed by atoms with E-state index in [9.17, 15) is 4.79 Å². The summed E-state index contributed by atoms with van der Waals surface area (Å²) < 4.78 is 0. The van der Waals surface area contributed by atoms with Gasteiger partial charge >= 0.3 is 0 Å². The molecule has 0 fully saturated rings. The number of thiazole rings is 1. The Kier molecular flexibility index (Phi) is 5.78. The lowest BCUT2D eigenvalue weighted by atomic mass is 10.2. The van der Waals surface area contributed by atoms with Crippen molar-refractivity contribution in [2.75, 3.05) is 4.90 Å². The standard InChI is InChI=1S/C19H17ClN2OS2/c1-13-6-3-4-9-18(13)24-11-16-12-25-19(21-16)22(14(2)23)17-8-5-7-15(20)10-17/h3-10,12H,11H2,1-2H3. The molecule has 0 aliphatic rings. The summed E-state index contributed by atoms with van der Waals surface area (Å²) in [6.07, 6.45) is 0. The Morgan fingerprint density at radius 1 is 1.24 bits per heavy atom. The fourth-order valence-corrected chi connectivity index (χ4v) is 4.48. The van der Waals surface area contributed by atoms with E-state index in [1.165, 1.54) is 28.7 Å². The molecular weight excluding hydrogens is 372 g/mol. The highest BCUT2D eigenvalue weighted by atomic mass is 35.5. The molecule has 6 heteroatoms. The number of aromatic nitrogens is 1. The highest BCUT2D eigenvalue weighted by Crippen LogP contribution is 2.32. The van der Waals surface area contributed by atoms with Crippen LogP contribution in [0.1, 0.15) is 18.2 Å². The van der Waals surface area contributed by atoms with Gasteiger partial charge in [0, 0.05) is 28.0 Å². The molecule has 3 aromatic rings. The predicted octanol–water partition coefficient (Wildman–Crippen LogP) is 6.08. The number of anilines is 2. The average molecular weight is 389 g/mol. The Bertz CT molecular complexity index is 894. The Hall–Kier alpha value is -1.82. The minimum absolute atomic E-state index is 0.0882. The lowest BCUT2D eigenvalue weighted by molar-refractivity contribution is -0.115. The quantitative estimate of drug-likeness (QED) is 0.496. The van der Waals surface area contributed by atoms with Gasteiger partial charge in [-0.05, 0) is 36.8 Å². The summed E-state index contributed by atoms with van der Waals surface area (Å²) in [5, 5.41) is 3.26. The Morgan fingerprint density at radius 2 is 2.04 bits per heavy atom. The molecule has 0 saturated carbocycles. The SMILES string of the molecule is CC(=O)N(c1cccc(Cl)c1)c1nc(CSc2ccccc2C)cs1. The molecular formula is C19H17ClN2OS2. The molecule has 0 unspecified atom stereocenters. The highest BCUT2D eigenvalue weighted by Gasteiger charge is 2.18. The van der Waals surface area contributed by atoms with Gasteiger partial charge in [-0.3, -0.25) is 9.69 Å². The normalized spacial score (nSPS) is 10.7. The van der Waals surface area contributed by atoms with Gasteiger partial charge in [-0.25, -0.2) is 4.98 Å². The van der Waals surface area contributed by atoms with Gasteiger partial charge in [-0.1, -0.05) is 35.9 Å². The zero-order valence-corrected chi connectivity index (χ0v) is 16.3. The lowest BCUT2D eigenvalue weighted by Gasteiger charge is -2.18. The summed E-state index contributed by atoms with van der Waals surface area (Å²) in [7, 11) is 0. The molecule has 0 aliphatic heterocycles. The van der Waals surface area contributed by atoms with Crippen LogP contribution in [0, 0.1) is 6.92 Å². The van der Waals surface area contributed by atoms with E-state index in [4.69, 9.17) is 11.6 Å². The predicted molar refractivity (Wildman–Crippen MR) is 107 cm³/mol. The minimum Gasteiger partial charge on any atom is -0.274 e. The third kappa shape index (κ3) is 4.42. The fourth-order valence-electron chi connectivity index (χ4n) is 2.38. The Balaban J connectivity index is 1.79. The highest BCUT2D eigenvalue weighted by molar-refractivity contribution is 7.98. The van der Waals surface area contributed by atoms with Gasteiger partial charge in [-0.15, -0.1) is 23.1 Å². The first kappa shape index (κ1) is 18.0. The number of hydrogen-bond acceptors (Lipinski definition) is 4. The Labute approximate surface area is 160 Å². The van der Waals surface area contributed by atoms with Crippen molar-refractivity contribution in [1.29, 1.82) is 0 Å². The number of nitrogens with zero attached hydrogens (tertiary/aromatic N) is 2. The van der Waals surface area contributed by atoms with Crippen LogP contribution < -0.4 is 4.90 Å². The molecule has 0 bridgehead atoms. The van der Waals surface area contributed by atoms with Crippen molar-refractivity contribution in [2.45, 2.75) is 24.5 Å². The van der Waals surface area contributed by atoms with Crippen molar-refractivity contribution in [2.24, 2.45) is 0 Å². The number of carbonyl (C=O) groups is 1. The van der Waals surface area contributed by atoms with E-state index in [1.807, 2.05) is 29.6 Å². The van der Waals surface area contributed by atoms with Gasteiger partial charge in [0.05, 0.1) is 11.4 Å². The maximum absolute atomic E-state index is 12.1. The third-order valence-corrected chi connectivity index (χ3v) is 5.90. The van der Waals surface area contributed by atoms with Gasteiger partial charge in [0.2, 0.25) is 5.91 Å². The van der Waals surface area contributed by atoms with E-state index >= 15 is 0 Å². The second kappa shape index (κ2) is 8.04. The van der Waals surface area contributed by atoms with Crippen molar-refractivity contribution >= 4 is 51.4 Å². The van der Waals surface area contributed by atoms with Crippen LogP contribution in [0.3, 0.4) is 0 Å². The van der Waals surface area contributed by atoms with Gasteiger partial charge in [0.1, 0.15) is 0 Å². The molecule has 0 aliphatic carbocycles. The van der Waals surface area contributed by atoms with Crippen molar-refractivity contribution in [3.05, 3.63) is 70.2 Å². The summed E-state index contributed by atoms with van der Waals surface area (Å²) in [6.45, 7) is 3.63. The molecule has 25 heavy (non-hydrogen) atoms. The fraction of sp³-hybridized carbons (Fsp3) is 0.158. The van der Waals surface area contributed by atoms with Crippen molar-refractivity contribution in [1.82, 2.24) is 4.98 Å². The molecule has 0 atom stereocenters. The number of thioether (sulfide) groups is 1. The van der Waals surface area contributed by atoms with Crippen LogP contribution >= 0.6 is 34.7 Å². The molecule has 0 N–H and O–H groups in total. The number of carbonyl (C=O) groups excluding carboxylic acids is 1. The molecule has 3 rings (SSSR count). The third-order valence-electron chi connectivity index (χ3n) is 3.58. The zero-order valence-electron chi connectivity index (χ0n) is 13.9. The van der Waals surface area contributed by atoms with Gasteiger partial charge in [0.25, 0.3) is 0 Å². The number of halogens is 1. The van der Waals surface area contributed by atoms with E-state index in [0.717, 1.165) is 17.1 Å². The average Bonchev–Trinajstić information content (AvgIpc) is 3.02. The molecule has 3 nitrogen and oxygen atoms in total. The smallest absolute Gasteiger partial charge is 0.230 e. The molecule has 1 heterocycles. The van der Waals surface area contributed by atoms with E-state index in [0.29, 0.717) is 10.2 Å². The van der Waals surface area contributed by atoms with E-state index in [1.54, 1.807) is 28.8 Å². The summed E-state index contributed by atoms with van der Waals surface area (Å²) in [5.41, 5.74) is 2.95. The maximum Gasteiger partial charge on any atom is 0.230 e. The number of rotatable bonds is 5. The van der Waals surface area contributed by atoms with Crippen LogP contribution in [-0.4, -0.2) is 10.9 Å². The topological polar surface area (TPSA) is 33.2 Å². The van der Waals surface area contributed by atoms with E-state index < -0.39 is 0 Å². The molecule has 0 spiro atoms. The summed E-state index contributed by atoms with van der Waals surface area (Å²) in [4.78, 5) is 19.6. The number of aryl methyl sites for hydroxylation is 1. The molecule has 1 aromatic heterocycles. The molecule has 2 aromatic carbocycles. The van der Waals surface area contributed by atoms with Crippen LogP contribution in [0.15, 0.2) is 58.8 Å². The van der Waals surface area contributed by atoms with Gasteiger partial charge < -0.3 is 0 Å². The number of amides is 1. The number of benzene rings is 2. The monoisotopic (exact) mass is 388 g/mol. The van der Waals surface area contributed by atoms with Crippen molar-refractivity contribution in [3.63, 3.8) is 0 Å². The maximum atomic E-state index is 12.1. The largest absolute Gasteiger partial charge is 0.274 e. The van der Waals surface area contributed by atoms with Gasteiger partial charge in [-0.2, -0.15) is 0 Å². The first-order valence-electron chi connectivity index (χ1n) is 7.73. The Morgan fingerprint density at radius 3 is 2.76 bits per heavy atom. The van der Waals surface area contributed by atoms with Gasteiger partial charge in [0.15, 0.2) is 5.13 Å². The summed E-state index contributed by atoms with van der Waals surface area (Å²) >= 11 is 9.28. The van der Waals surface area contributed by atoms with E-state index in [-0.39, 0.29) is 5.91 Å². The van der Waals surface area contributed by atoms with Crippen LogP contribution in [-0.2, 0) is 10.5 Å². The van der Waals surface area contributed by atoms with Crippen LogP contribution in [0.2, 0.25) is 5.02 Å². The zero-order chi connectivity index (χ0) is 17.8. The minimum atomic E-state index is -0.0882. The first-order valence-corrected chi connectivity index (χ1v) is 9.98. The molecule has 0 radical (unpaired) electrons. The van der Waals surface area contributed by atoms with Crippen molar-refractivity contribution < 1.29 is 4.79 Å². The van der Waals surface area contributed by atoms with Crippen LogP contribution in [0.5, 0.6) is 0 Å². The second-order valence-electron chi connectivity index (χ2n) is 5.51. The number of hydrogen-bond donors (Lipinski definition) is 0. The second-order valence-corrected chi connectivity index (χ2v) is 7.80.